The van der Waals surface area contributed by atoms with Gasteiger partial charge in [0, 0.05) is 6.42 Å². The second-order valence-electron chi connectivity index (χ2n) is 7.18. The lowest BCUT2D eigenvalue weighted by Crippen LogP contribution is -2.38. The molecular formula is C27H28O. The molecule has 0 aliphatic heterocycles. The first kappa shape index (κ1) is 19.9. The summed E-state index contributed by atoms with van der Waals surface area (Å²) in [6.45, 7) is 4.33. The molecule has 0 amide bonds. The molecule has 3 aromatic rings. The summed E-state index contributed by atoms with van der Waals surface area (Å²) in [7, 11) is 0. The third-order valence-electron chi connectivity index (χ3n) is 5.47. The minimum absolute atomic E-state index is 0.00154. The summed E-state index contributed by atoms with van der Waals surface area (Å²) in [4.78, 5) is 0. The summed E-state index contributed by atoms with van der Waals surface area (Å²) in [5.74, 6) is 3.13. The minimum atomic E-state index is -0.689. The van der Waals surface area contributed by atoms with Gasteiger partial charge >= 0.3 is 0 Å². The molecule has 1 heteroatoms. The van der Waals surface area contributed by atoms with Crippen LogP contribution in [0.4, 0.5) is 0 Å². The van der Waals surface area contributed by atoms with Gasteiger partial charge in [0.2, 0.25) is 0 Å². The van der Waals surface area contributed by atoms with Gasteiger partial charge in [-0.25, -0.2) is 0 Å². The van der Waals surface area contributed by atoms with Crippen molar-refractivity contribution in [1.29, 1.82) is 0 Å². The van der Waals surface area contributed by atoms with Crippen molar-refractivity contribution in [2.45, 2.75) is 38.4 Å². The molecule has 0 fully saturated rings. The summed E-state index contributed by atoms with van der Waals surface area (Å²) in [6.07, 6.45) is 7.34. The Hall–Kier alpha value is -2.82. The Morgan fingerprint density at radius 1 is 0.786 bits per heavy atom. The van der Waals surface area contributed by atoms with Crippen LogP contribution < -0.4 is 0 Å². The van der Waals surface area contributed by atoms with Crippen molar-refractivity contribution in [1.82, 2.24) is 0 Å². The molecule has 3 rings (SSSR count). The topological polar surface area (TPSA) is 9.23 Å². The molecule has 0 saturated heterocycles. The zero-order valence-electron chi connectivity index (χ0n) is 16.7. The van der Waals surface area contributed by atoms with Gasteiger partial charge in [0.05, 0.1) is 6.10 Å². The number of hydrogen-bond acceptors (Lipinski definition) is 1. The molecule has 0 aliphatic rings. The number of terminal acetylenes is 1. The van der Waals surface area contributed by atoms with Crippen LogP contribution in [-0.2, 0) is 10.3 Å². The molecule has 0 bridgehead atoms. The molecule has 142 valence electrons. The molecule has 0 N–H and O–H groups in total. The van der Waals surface area contributed by atoms with E-state index in [1.807, 2.05) is 18.2 Å². The van der Waals surface area contributed by atoms with E-state index in [4.69, 9.17) is 11.2 Å². The van der Waals surface area contributed by atoms with E-state index >= 15 is 0 Å². The Kier molecular flexibility index (Phi) is 6.69. The van der Waals surface area contributed by atoms with Crippen LogP contribution >= 0.6 is 0 Å². The quantitative estimate of drug-likeness (QED) is 0.329. The molecular weight excluding hydrogens is 340 g/mol. The van der Waals surface area contributed by atoms with Gasteiger partial charge in [-0.1, -0.05) is 97.9 Å². The van der Waals surface area contributed by atoms with Gasteiger partial charge in [0.1, 0.15) is 5.60 Å². The fraction of sp³-hybridized carbons (Fsp3) is 0.259. The summed E-state index contributed by atoms with van der Waals surface area (Å²) in [5.41, 5.74) is 2.67. The van der Waals surface area contributed by atoms with Crippen LogP contribution in [0, 0.1) is 18.3 Å². The predicted octanol–water partition coefficient (Wildman–Crippen LogP) is 6.43. The van der Waals surface area contributed by atoms with Crippen molar-refractivity contribution < 1.29 is 4.74 Å². The van der Waals surface area contributed by atoms with Gasteiger partial charge in [-0.3, -0.25) is 0 Å². The van der Waals surface area contributed by atoms with Gasteiger partial charge in [-0.2, -0.15) is 0 Å². The van der Waals surface area contributed by atoms with Crippen LogP contribution in [0.2, 0.25) is 0 Å². The van der Waals surface area contributed by atoms with Crippen molar-refractivity contribution >= 4 is 0 Å². The first-order valence-electron chi connectivity index (χ1n) is 10.00. The van der Waals surface area contributed by atoms with Gasteiger partial charge in [-0.15, -0.1) is 12.3 Å². The first-order valence-corrected chi connectivity index (χ1v) is 10.00. The Balaban J connectivity index is 2.21. The van der Waals surface area contributed by atoms with Crippen LogP contribution in [0.1, 0.15) is 43.4 Å². The van der Waals surface area contributed by atoms with Crippen molar-refractivity contribution in [3.63, 3.8) is 0 Å². The molecule has 2 unspecified atom stereocenters. The summed E-state index contributed by atoms with van der Waals surface area (Å²) < 4.78 is 7.01. The standard InChI is InChI=1S/C27H28O/c1-4-15-23(5-2)22(3)28-27(24-16-9-6-10-17-24,25-18-11-7-12-19-25)26-20-13-8-14-21-26/h1,6-14,16-23H,5,15H2,2-3H3. The molecule has 1 nitrogen and oxygen atoms in total. The lowest BCUT2D eigenvalue weighted by molar-refractivity contribution is -0.0649. The Morgan fingerprint density at radius 3 is 1.50 bits per heavy atom. The van der Waals surface area contributed by atoms with Crippen LogP contribution in [0.15, 0.2) is 91.0 Å². The molecule has 0 aliphatic carbocycles. The van der Waals surface area contributed by atoms with E-state index in [1.54, 1.807) is 0 Å². The van der Waals surface area contributed by atoms with E-state index in [2.05, 4.69) is 92.6 Å². The molecule has 28 heavy (non-hydrogen) atoms. The van der Waals surface area contributed by atoms with E-state index < -0.39 is 5.60 Å². The molecule has 0 radical (unpaired) electrons. The van der Waals surface area contributed by atoms with Crippen LogP contribution in [-0.4, -0.2) is 6.10 Å². The fourth-order valence-corrected chi connectivity index (χ4v) is 3.89. The monoisotopic (exact) mass is 368 g/mol. The predicted molar refractivity (Wildman–Crippen MR) is 117 cm³/mol. The maximum atomic E-state index is 7.01. The largest absolute Gasteiger partial charge is 0.358 e. The maximum Gasteiger partial charge on any atom is 0.144 e. The molecule has 0 spiro atoms. The van der Waals surface area contributed by atoms with Crippen molar-refractivity contribution in [2.24, 2.45) is 5.92 Å². The van der Waals surface area contributed by atoms with Crippen LogP contribution in [0.5, 0.6) is 0 Å². The van der Waals surface area contributed by atoms with Gasteiger partial charge in [0.15, 0.2) is 0 Å². The Bertz CT molecular complexity index is 781. The highest BCUT2D eigenvalue weighted by Gasteiger charge is 2.40. The van der Waals surface area contributed by atoms with Crippen molar-refractivity contribution in [3.8, 4) is 12.3 Å². The number of benzene rings is 3. The molecule has 0 heterocycles. The minimum Gasteiger partial charge on any atom is -0.358 e. The van der Waals surface area contributed by atoms with Gasteiger partial charge in [-0.05, 0) is 36.0 Å². The van der Waals surface area contributed by atoms with E-state index in [0.29, 0.717) is 12.3 Å². The van der Waals surface area contributed by atoms with Crippen molar-refractivity contribution in [2.75, 3.05) is 0 Å². The molecule has 0 saturated carbocycles. The molecule has 3 aromatic carbocycles. The summed E-state index contributed by atoms with van der Waals surface area (Å²) in [5, 5.41) is 0. The summed E-state index contributed by atoms with van der Waals surface area (Å²) in [6, 6.07) is 31.4. The average Bonchev–Trinajstić information content (AvgIpc) is 2.77. The highest BCUT2D eigenvalue weighted by Crippen LogP contribution is 2.42. The molecule has 2 atom stereocenters. The third kappa shape index (κ3) is 4.03. The Morgan fingerprint density at radius 2 is 1.18 bits per heavy atom. The zero-order chi connectivity index (χ0) is 19.8. The van der Waals surface area contributed by atoms with E-state index in [1.165, 1.54) is 0 Å². The second-order valence-corrected chi connectivity index (χ2v) is 7.18. The van der Waals surface area contributed by atoms with E-state index in [0.717, 1.165) is 23.1 Å². The van der Waals surface area contributed by atoms with Gasteiger partial charge in [0.25, 0.3) is 0 Å². The zero-order valence-corrected chi connectivity index (χ0v) is 16.7. The second kappa shape index (κ2) is 9.40. The first-order chi connectivity index (χ1) is 13.7. The number of ether oxygens (including phenoxy) is 1. The maximum absolute atomic E-state index is 7.01. The normalized spacial score (nSPS) is 13.5. The number of hydrogen-bond donors (Lipinski definition) is 0. The smallest absolute Gasteiger partial charge is 0.144 e. The highest BCUT2D eigenvalue weighted by molar-refractivity contribution is 5.47. The van der Waals surface area contributed by atoms with Crippen LogP contribution in [0.25, 0.3) is 0 Å². The fourth-order valence-electron chi connectivity index (χ4n) is 3.89. The highest BCUT2D eigenvalue weighted by atomic mass is 16.5. The average molecular weight is 369 g/mol. The lowest BCUT2D eigenvalue weighted by Gasteiger charge is -2.40. The van der Waals surface area contributed by atoms with Gasteiger partial charge < -0.3 is 4.74 Å². The van der Waals surface area contributed by atoms with E-state index in [-0.39, 0.29) is 6.10 Å². The van der Waals surface area contributed by atoms with E-state index in [9.17, 15) is 0 Å². The Labute approximate surface area is 169 Å². The number of rotatable bonds is 8. The molecule has 0 aromatic heterocycles. The lowest BCUT2D eigenvalue weighted by atomic mass is 9.79. The summed E-state index contributed by atoms with van der Waals surface area (Å²) >= 11 is 0. The van der Waals surface area contributed by atoms with Crippen LogP contribution in [0.3, 0.4) is 0 Å². The van der Waals surface area contributed by atoms with Crippen molar-refractivity contribution in [3.05, 3.63) is 108 Å². The SMILES string of the molecule is C#CCC(CC)C(C)OC(c1ccccc1)(c1ccccc1)c1ccccc1. The third-order valence-corrected chi connectivity index (χ3v) is 5.47.